The lowest BCUT2D eigenvalue weighted by molar-refractivity contribution is -0.384. The number of nitro benzene ring substituents is 1. The van der Waals surface area contributed by atoms with E-state index in [1.54, 1.807) is 0 Å². The van der Waals surface area contributed by atoms with Gasteiger partial charge in [-0.25, -0.2) is 0 Å². The van der Waals surface area contributed by atoms with Gasteiger partial charge in [0.25, 0.3) is 5.69 Å². The van der Waals surface area contributed by atoms with Crippen molar-refractivity contribution in [3.63, 3.8) is 0 Å². The number of halogens is 2. The Kier molecular flexibility index (Phi) is 2.18. The van der Waals surface area contributed by atoms with E-state index in [1.807, 2.05) is 0 Å². The summed E-state index contributed by atoms with van der Waals surface area (Å²) in [5.74, 6) is 0. The molecule has 0 bridgehead atoms. The molecule has 0 atom stereocenters. The average molecular weight is 174 g/mol. The third-order valence-corrected chi connectivity index (χ3v) is 1.24. The van der Waals surface area contributed by atoms with Crippen LogP contribution in [0.1, 0.15) is 0 Å². The molecule has 0 aliphatic rings. The third kappa shape index (κ3) is 1.66. The first-order valence-corrected chi connectivity index (χ1v) is 2.97. The first kappa shape index (κ1) is 8.38. The van der Waals surface area contributed by atoms with Gasteiger partial charge in [-0.3, -0.25) is 10.1 Å². The van der Waals surface area contributed by atoms with Crippen molar-refractivity contribution < 1.29 is 13.9 Å². The maximum absolute atomic E-state index is 11.8. The van der Waals surface area contributed by atoms with Gasteiger partial charge in [0.2, 0.25) is 0 Å². The van der Waals surface area contributed by atoms with Crippen LogP contribution in [0.4, 0.5) is 20.3 Å². The first-order valence-electron chi connectivity index (χ1n) is 2.97. The Balaban J connectivity index is 3.04. The Morgan fingerprint density at radius 2 is 2.08 bits per heavy atom. The Bertz CT molecular complexity index is 303. The standard InChI is InChI=1S/C6H4F2N2O2/c7-9(8)5-2-1-3-6(4-5)10(11)12/h1-4H. The first-order chi connectivity index (χ1) is 5.61. The van der Waals surface area contributed by atoms with Crippen LogP contribution in [-0.4, -0.2) is 4.92 Å². The molecule has 0 fully saturated rings. The van der Waals surface area contributed by atoms with Gasteiger partial charge in [0.15, 0.2) is 0 Å². The van der Waals surface area contributed by atoms with E-state index in [9.17, 15) is 19.1 Å². The Labute approximate surface area is 66.0 Å². The normalized spacial score (nSPS) is 9.50. The summed E-state index contributed by atoms with van der Waals surface area (Å²) < 4.78 is 23.6. The molecular formula is C6H4F2N2O2. The largest absolute Gasteiger partial charge is 0.271 e. The van der Waals surface area contributed by atoms with Gasteiger partial charge in [-0.15, -0.1) is 0 Å². The van der Waals surface area contributed by atoms with Crippen LogP contribution in [0.15, 0.2) is 24.3 Å². The highest BCUT2D eigenvalue weighted by atomic mass is 19.4. The molecule has 1 rings (SSSR count). The highest BCUT2D eigenvalue weighted by molar-refractivity contribution is 5.49. The van der Waals surface area contributed by atoms with Crippen molar-refractivity contribution in [2.75, 3.05) is 5.34 Å². The predicted octanol–water partition coefficient (Wildman–Crippen LogP) is 2.17. The number of rotatable bonds is 2. The van der Waals surface area contributed by atoms with Crippen LogP contribution in [0.5, 0.6) is 0 Å². The number of hydrogen-bond donors (Lipinski definition) is 0. The van der Waals surface area contributed by atoms with Gasteiger partial charge in [-0.1, -0.05) is 15.0 Å². The quantitative estimate of drug-likeness (QED) is 0.392. The van der Waals surface area contributed by atoms with Gasteiger partial charge < -0.3 is 0 Å². The van der Waals surface area contributed by atoms with E-state index >= 15 is 0 Å². The molecule has 0 N–H and O–H groups in total. The third-order valence-electron chi connectivity index (χ3n) is 1.24. The van der Waals surface area contributed by atoms with Crippen molar-refractivity contribution in [3.8, 4) is 0 Å². The molecule has 1 aromatic rings. The minimum atomic E-state index is -1.17. The number of hydrogen-bond acceptors (Lipinski definition) is 3. The summed E-state index contributed by atoms with van der Waals surface area (Å²) in [4.78, 5) is 9.39. The van der Waals surface area contributed by atoms with Gasteiger partial charge in [0.1, 0.15) is 5.69 Å². The molecule has 12 heavy (non-hydrogen) atoms. The zero-order chi connectivity index (χ0) is 9.14. The molecule has 64 valence electrons. The smallest absolute Gasteiger partial charge is 0.258 e. The van der Waals surface area contributed by atoms with E-state index < -0.39 is 16.0 Å². The zero-order valence-corrected chi connectivity index (χ0v) is 5.78. The summed E-state index contributed by atoms with van der Waals surface area (Å²) >= 11 is 0. The number of anilines is 1. The van der Waals surface area contributed by atoms with Gasteiger partial charge in [-0.2, -0.15) is 0 Å². The lowest BCUT2D eigenvalue weighted by atomic mass is 10.3. The summed E-state index contributed by atoms with van der Waals surface area (Å²) in [7, 11) is 0. The monoisotopic (exact) mass is 174 g/mol. The van der Waals surface area contributed by atoms with Crippen molar-refractivity contribution >= 4 is 11.4 Å². The number of nitrogens with zero attached hydrogens (tertiary/aromatic N) is 2. The topological polar surface area (TPSA) is 46.4 Å². The van der Waals surface area contributed by atoms with E-state index in [1.165, 1.54) is 6.07 Å². The number of nitro groups is 1. The van der Waals surface area contributed by atoms with Gasteiger partial charge >= 0.3 is 0 Å². The second-order valence-corrected chi connectivity index (χ2v) is 2.01. The van der Waals surface area contributed by atoms with Crippen LogP contribution in [0.2, 0.25) is 0 Å². The molecule has 0 radical (unpaired) electrons. The van der Waals surface area contributed by atoms with Crippen LogP contribution < -0.4 is 5.34 Å². The van der Waals surface area contributed by atoms with E-state index in [4.69, 9.17) is 0 Å². The predicted molar refractivity (Wildman–Crippen MR) is 37.8 cm³/mol. The van der Waals surface area contributed by atoms with Crippen LogP contribution >= 0.6 is 0 Å². The molecule has 0 heterocycles. The van der Waals surface area contributed by atoms with E-state index in [0.717, 1.165) is 18.2 Å². The molecule has 1 aromatic carbocycles. The fourth-order valence-corrected chi connectivity index (χ4v) is 0.712. The Morgan fingerprint density at radius 1 is 1.42 bits per heavy atom. The molecule has 0 aliphatic carbocycles. The molecule has 6 heteroatoms. The highest BCUT2D eigenvalue weighted by Crippen LogP contribution is 2.21. The summed E-state index contributed by atoms with van der Waals surface area (Å²) in [6.07, 6.45) is 0. The van der Waals surface area contributed by atoms with Gasteiger partial charge in [0, 0.05) is 12.1 Å². The second-order valence-electron chi connectivity index (χ2n) is 2.01. The van der Waals surface area contributed by atoms with E-state index in [2.05, 4.69) is 0 Å². The maximum Gasteiger partial charge on any atom is 0.271 e. The van der Waals surface area contributed by atoms with Crippen LogP contribution in [0.3, 0.4) is 0 Å². The Hall–Kier alpha value is -1.72. The van der Waals surface area contributed by atoms with Crippen LogP contribution in [0, 0.1) is 10.1 Å². The zero-order valence-electron chi connectivity index (χ0n) is 5.78. The SMILES string of the molecule is O=[N+]([O-])c1cccc(N(F)F)c1. The van der Waals surface area contributed by atoms with Crippen molar-refractivity contribution in [3.05, 3.63) is 34.4 Å². The summed E-state index contributed by atoms with van der Waals surface area (Å²) in [6, 6.07) is 4.21. The van der Waals surface area contributed by atoms with E-state index in [-0.39, 0.29) is 5.69 Å². The maximum atomic E-state index is 11.8. The minimum absolute atomic E-state index is 0.354. The van der Waals surface area contributed by atoms with E-state index in [0.29, 0.717) is 0 Å². The molecule has 0 aromatic heterocycles. The summed E-state index contributed by atoms with van der Waals surface area (Å²) in [6.45, 7) is 0. The molecule has 0 unspecified atom stereocenters. The summed E-state index contributed by atoms with van der Waals surface area (Å²) in [5, 5.41) is 8.94. The average Bonchev–Trinajstić information content (AvgIpc) is 2.04. The van der Waals surface area contributed by atoms with Gasteiger partial charge in [0.05, 0.1) is 4.92 Å². The van der Waals surface area contributed by atoms with Crippen LogP contribution in [-0.2, 0) is 0 Å². The van der Waals surface area contributed by atoms with Crippen molar-refractivity contribution in [2.45, 2.75) is 0 Å². The Morgan fingerprint density at radius 3 is 2.58 bits per heavy atom. The van der Waals surface area contributed by atoms with Gasteiger partial charge in [-0.05, 0) is 11.4 Å². The lowest BCUT2D eigenvalue weighted by Crippen LogP contribution is -1.96. The molecule has 0 spiro atoms. The molecule has 0 aliphatic heterocycles. The van der Waals surface area contributed by atoms with Crippen molar-refractivity contribution in [2.24, 2.45) is 0 Å². The van der Waals surface area contributed by atoms with Crippen LogP contribution in [0.25, 0.3) is 0 Å². The number of benzene rings is 1. The minimum Gasteiger partial charge on any atom is -0.258 e. The molecule has 0 saturated carbocycles. The fourth-order valence-electron chi connectivity index (χ4n) is 0.712. The molecule has 0 saturated heterocycles. The summed E-state index contributed by atoms with van der Waals surface area (Å²) in [5.41, 5.74) is -0.850. The number of non-ortho nitro benzene ring substituents is 1. The molecule has 0 amide bonds. The van der Waals surface area contributed by atoms with Crippen molar-refractivity contribution in [1.82, 2.24) is 0 Å². The molecular weight excluding hydrogens is 170 g/mol. The molecule has 4 nitrogen and oxygen atoms in total. The highest BCUT2D eigenvalue weighted by Gasteiger charge is 2.09. The second kappa shape index (κ2) is 3.12. The fraction of sp³-hybridized carbons (Fsp3) is 0. The van der Waals surface area contributed by atoms with Crippen molar-refractivity contribution in [1.29, 1.82) is 0 Å². The lowest BCUT2D eigenvalue weighted by Gasteiger charge is -1.99.